The minimum atomic E-state index is -0.206. The molecule has 3 nitrogen and oxygen atoms in total. The topological polar surface area (TPSA) is 38.3 Å². The Hall–Kier alpha value is -0.220. The van der Waals surface area contributed by atoms with Gasteiger partial charge in [0.1, 0.15) is 6.04 Å². The maximum Gasteiger partial charge on any atom is 0.323 e. The summed E-state index contributed by atoms with van der Waals surface area (Å²) in [7, 11) is 1.40. The molecule has 0 aromatic heterocycles. The molecular formula is C8H17NO2S. The molecule has 0 amide bonds. The second-order valence-electron chi connectivity index (χ2n) is 2.92. The Kier molecular flexibility index (Phi) is 6.20. The molecule has 0 aliphatic carbocycles. The number of nitrogens with one attached hydrogen (secondary N) is 1. The van der Waals surface area contributed by atoms with Gasteiger partial charge in [0.25, 0.3) is 0 Å². The lowest BCUT2D eigenvalue weighted by molar-refractivity contribution is -0.144. The van der Waals surface area contributed by atoms with Crippen LogP contribution in [0.1, 0.15) is 13.8 Å². The first-order chi connectivity index (χ1) is 5.63. The third kappa shape index (κ3) is 3.97. The predicted octanol–water partition coefficient (Wildman–Crippen LogP) is 0.703. The fraction of sp³-hybridized carbons (Fsp3) is 0.875. The van der Waals surface area contributed by atoms with E-state index >= 15 is 0 Å². The van der Waals surface area contributed by atoms with Gasteiger partial charge in [-0.2, -0.15) is 12.6 Å². The van der Waals surface area contributed by atoms with Crippen LogP contribution in [0.2, 0.25) is 0 Å². The third-order valence-corrected chi connectivity index (χ3v) is 1.82. The van der Waals surface area contributed by atoms with Crippen LogP contribution >= 0.6 is 12.6 Å². The number of methoxy groups -OCH3 is 1. The molecule has 0 saturated heterocycles. The molecule has 1 atom stereocenters. The first-order valence-electron chi connectivity index (χ1n) is 4.05. The van der Waals surface area contributed by atoms with Crippen molar-refractivity contribution < 1.29 is 9.53 Å². The Morgan fingerprint density at radius 2 is 2.17 bits per heavy atom. The minimum Gasteiger partial charge on any atom is -0.468 e. The van der Waals surface area contributed by atoms with Crippen molar-refractivity contribution in [1.29, 1.82) is 0 Å². The van der Waals surface area contributed by atoms with Crippen LogP contribution in [0.25, 0.3) is 0 Å². The maximum absolute atomic E-state index is 11.1. The summed E-state index contributed by atoms with van der Waals surface area (Å²) in [6.45, 7) is 4.68. The Balaban J connectivity index is 3.95. The van der Waals surface area contributed by atoms with Crippen molar-refractivity contribution in [3.8, 4) is 0 Å². The van der Waals surface area contributed by atoms with Crippen molar-refractivity contribution in [3.05, 3.63) is 0 Å². The summed E-state index contributed by atoms with van der Waals surface area (Å²) in [5, 5.41) is 3.07. The van der Waals surface area contributed by atoms with Crippen molar-refractivity contribution in [3.63, 3.8) is 0 Å². The largest absolute Gasteiger partial charge is 0.468 e. The normalized spacial score (nSPS) is 13.1. The van der Waals surface area contributed by atoms with Gasteiger partial charge in [0, 0.05) is 12.3 Å². The van der Waals surface area contributed by atoms with Gasteiger partial charge in [0.15, 0.2) is 0 Å². The van der Waals surface area contributed by atoms with Gasteiger partial charge < -0.3 is 10.1 Å². The highest BCUT2D eigenvalue weighted by molar-refractivity contribution is 7.80. The average Bonchev–Trinajstić information content (AvgIpc) is 2.04. The lowest BCUT2D eigenvalue weighted by Gasteiger charge is -2.18. The van der Waals surface area contributed by atoms with Crippen LogP contribution in [-0.4, -0.2) is 31.4 Å². The summed E-state index contributed by atoms with van der Waals surface area (Å²) >= 11 is 4.05. The molecule has 0 aromatic rings. The molecule has 0 aromatic carbocycles. The van der Waals surface area contributed by atoms with Gasteiger partial charge in [-0.15, -0.1) is 0 Å². The first-order valence-corrected chi connectivity index (χ1v) is 4.68. The molecule has 0 heterocycles. The van der Waals surface area contributed by atoms with E-state index in [1.165, 1.54) is 7.11 Å². The minimum absolute atomic E-state index is 0.202. The molecule has 0 fully saturated rings. The third-order valence-electron chi connectivity index (χ3n) is 1.60. The molecule has 1 N–H and O–H groups in total. The quantitative estimate of drug-likeness (QED) is 0.496. The molecule has 4 heteroatoms. The van der Waals surface area contributed by atoms with Gasteiger partial charge >= 0.3 is 5.97 Å². The van der Waals surface area contributed by atoms with E-state index < -0.39 is 0 Å². The summed E-state index contributed by atoms with van der Waals surface area (Å²) in [6.07, 6.45) is 0. The predicted molar refractivity (Wildman–Crippen MR) is 52.5 cm³/mol. The number of hydrogen-bond acceptors (Lipinski definition) is 4. The van der Waals surface area contributed by atoms with Crippen LogP contribution < -0.4 is 5.32 Å². The van der Waals surface area contributed by atoms with E-state index in [-0.39, 0.29) is 17.9 Å². The second kappa shape index (κ2) is 6.31. The number of hydrogen-bond donors (Lipinski definition) is 2. The summed E-state index contributed by atoms with van der Waals surface area (Å²) in [4.78, 5) is 11.1. The average molecular weight is 191 g/mol. The van der Waals surface area contributed by atoms with Gasteiger partial charge in [-0.3, -0.25) is 4.79 Å². The molecule has 72 valence electrons. The van der Waals surface area contributed by atoms with E-state index in [0.29, 0.717) is 0 Å². The Morgan fingerprint density at radius 3 is 2.50 bits per heavy atom. The van der Waals surface area contributed by atoms with Crippen LogP contribution in [0.5, 0.6) is 0 Å². The van der Waals surface area contributed by atoms with E-state index in [0.717, 1.165) is 12.3 Å². The number of thiol groups is 1. The zero-order valence-corrected chi connectivity index (χ0v) is 8.73. The van der Waals surface area contributed by atoms with Crippen LogP contribution in [0.3, 0.4) is 0 Å². The molecule has 0 saturated carbocycles. The number of carbonyl (C=O) groups is 1. The molecule has 0 aliphatic heterocycles. The fourth-order valence-corrected chi connectivity index (χ4v) is 1.07. The lowest BCUT2D eigenvalue weighted by Crippen LogP contribution is -2.42. The van der Waals surface area contributed by atoms with Crippen molar-refractivity contribution in [2.24, 2.45) is 5.92 Å². The number of esters is 1. The van der Waals surface area contributed by atoms with Gasteiger partial charge in [-0.05, 0) is 5.92 Å². The zero-order valence-electron chi connectivity index (χ0n) is 7.83. The molecule has 12 heavy (non-hydrogen) atoms. The SMILES string of the molecule is COC(=O)[C@H](NCCS)C(C)C. The lowest BCUT2D eigenvalue weighted by atomic mass is 10.1. The fourth-order valence-electron chi connectivity index (χ4n) is 0.938. The van der Waals surface area contributed by atoms with E-state index in [2.05, 4.69) is 22.7 Å². The second-order valence-corrected chi connectivity index (χ2v) is 3.37. The van der Waals surface area contributed by atoms with Gasteiger partial charge in [0.2, 0.25) is 0 Å². The Labute approximate surface area is 79.3 Å². The van der Waals surface area contributed by atoms with Crippen molar-refractivity contribution in [2.75, 3.05) is 19.4 Å². The molecular weight excluding hydrogens is 174 g/mol. The maximum atomic E-state index is 11.1. The number of ether oxygens (including phenoxy) is 1. The van der Waals surface area contributed by atoms with Crippen molar-refractivity contribution in [2.45, 2.75) is 19.9 Å². The Bertz CT molecular complexity index is 139. The molecule has 0 radical (unpaired) electrons. The monoisotopic (exact) mass is 191 g/mol. The summed E-state index contributed by atoms with van der Waals surface area (Å²) < 4.78 is 4.64. The smallest absolute Gasteiger partial charge is 0.323 e. The molecule has 0 rings (SSSR count). The molecule has 0 bridgehead atoms. The van der Waals surface area contributed by atoms with E-state index in [1.807, 2.05) is 13.8 Å². The Morgan fingerprint density at radius 1 is 1.58 bits per heavy atom. The van der Waals surface area contributed by atoms with Gasteiger partial charge in [0.05, 0.1) is 7.11 Å². The van der Waals surface area contributed by atoms with Crippen molar-refractivity contribution >= 4 is 18.6 Å². The first kappa shape index (κ1) is 11.8. The highest BCUT2D eigenvalue weighted by Crippen LogP contribution is 2.02. The van der Waals surface area contributed by atoms with Crippen LogP contribution in [0.4, 0.5) is 0 Å². The molecule has 0 unspecified atom stereocenters. The van der Waals surface area contributed by atoms with E-state index in [4.69, 9.17) is 0 Å². The zero-order chi connectivity index (χ0) is 9.56. The standard InChI is InChI=1S/C8H17NO2S/c1-6(2)7(8(10)11-3)9-4-5-12/h6-7,9,12H,4-5H2,1-3H3/t7-/m1/s1. The highest BCUT2D eigenvalue weighted by Gasteiger charge is 2.21. The van der Waals surface area contributed by atoms with Crippen molar-refractivity contribution in [1.82, 2.24) is 5.32 Å². The number of carbonyl (C=O) groups excluding carboxylic acids is 1. The van der Waals surface area contributed by atoms with E-state index in [9.17, 15) is 4.79 Å². The number of rotatable bonds is 5. The van der Waals surface area contributed by atoms with Crippen LogP contribution in [-0.2, 0) is 9.53 Å². The van der Waals surface area contributed by atoms with Gasteiger partial charge in [-0.1, -0.05) is 13.8 Å². The van der Waals surface area contributed by atoms with Crippen LogP contribution in [0, 0.1) is 5.92 Å². The highest BCUT2D eigenvalue weighted by atomic mass is 32.1. The summed E-state index contributed by atoms with van der Waals surface area (Å²) in [5.41, 5.74) is 0. The molecule has 0 aliphatic rings. The van der Waals surface area contributed by atoms with Gasteiger partial charge in [-0.25, -0.2) is 0 Å². The summed E-state index contributed by atoms with van der Waals surface area (Å²) in [5.74, 6) is 0.768. The van der Waals surface area contributed by atoms with Crippen LogP contribution in [0.15, 0.2) is 0 Å². The van der Waals surface area contributed by atoms with E-state index in [1.54, 1.807) is 0 Å². The molecule has 0 spiro atoms. The summed E-state index contributed by atoms with van der Waals surface area (Å²) in [6, 6.07) is -0.206.